The van der Waals surface area contributed by atoms with E-state index < -0.39 is 0 Å². The van der Waals surface area contributed by atoms with Crippen molar-refractivity contribution in [3.63, 3.8) is 0 Å². The Bertz CT molecular complexity index is 439. The van der Waals surface area contributed by atoms with Crippen LogP contribution in [0, 0.1) is 0 Å². The van der Waals surface area contributed by atoms with Gasteiger partial charge in [0, 0.05) is 32.8 Å². The molecule has 0 amide bonds. The first-order valence-corrected chi connectivity index (χ1v) is 7.64. The highest BCUT2D eigenvalue weighted by atomic mass is 35.5. The molecule has 1 aromatic heterocycles. The molecule has 5 heteroatoms. The van der Waals surface area contributed by atoms with Gasteiger partial charge in [-0.1, -0.05) is 25.4 Å². The summed E-state index contributed by atoms with van der Waals surface area (Å²) in [5, 5.41) is 4.09. The minimum absolute atomic E-state index is 0.304. The van der Waals surface area contributed by atoms with Crippen LogP contribution in [0.15, 0.2) is 12.1 Å². The van der Waals surface area contributed by atoms with Crippen molar-refractivity contribution in [2.45, 2.75) is 45.4 Å². The summed E-state index contributed by atoms with van der Waals surface area (Å²) in [7, 11) is 1.78. The van der Waals surface area contributed by atoms with E-state index in [0.29, 0.717) is 18.7 Å². The van der Waals surface area contributed by atoms with Crippen LogP contribution in [0.4, 0.5) is 5.82 Å². The predicted molar refractivity (Wildman–Crippen MR) is 83.5 cm³/mol. The molecule has 2 rings (SSSR count). The zero-order valence-corrected chi connectivity index (χ0v) is 13.3. The van der Waals surface area contributed by atoms with Gasteiger partial charge in [0.2, 0.25) is 0 Å². The Morgan fingerprint density at radius 1 is 1.50 bits per heavy atom. The molecule has 2 heterocycles. The summed E-state index contributed by atoms with van der Waals surface area (Å²) >= 11 is 6.23. The molecule has 0 bridgehead atoms. The number of pyridine rings is 1. The van der Waals surface area contributed by atoms with Gasteiger partial charge in [0.15, 0.2) is 0 Å². The summed E-state index contributed by atoms with van der Waals surface area (Å²) < 4.78 is 5.47. The number of piperidine rings is 1. The molecule has 4 nitrogen and oxygen atoms in total. The van der Waals surface area contributed by atoms with E-state index in [1.54, 1.807) is 7.11 Å². The Morgan fingerprint density at radius 3 is 3.00 bits per heavy atom. The second-order valence-electron chi connectivity index (χ2n) is 5.58. The molecule has 1 atom stereocenters. The minimum atomic E-state index is 0.304. The van der Waals surface area contributed by atoms with Crippen LogP contribution in [-0.2, 0) is 11.3 Å². The lowest BCUT2D eigenvalue weighted by atomic mass is 10.1. The number of hydrogen-bond donors (Lipinski definition) is 1. The van der Waals surface area contributed by atoms with Crippen LogP contribution in [-0.4, -0.2) is 37.3 Å². The molecule has 0 aliphatic carbocycles. The summed E-state index contributed by atoms with van der Waals surface area (Å²) in [6.45, 7) is 6.87. The SMILES string of the molecule is COC1CCCN(c2ccc(Cl)c(CNC(C)C)n2)C1. The number of nitrogens with zero attached hydrogens (tertiary/aromatic N) is 2. The van der Waals surface area contributed by atoms with E-state index in [1.807, 2.05) is 12.1 Å². The van der Waals surface area contributed by atoms with Crippen molar-refractivity contribution in [1.29, 1.82) is 0 Å². The molecule has 1 unspecified atom stereocenters. The van der Waals surface area contributed by atoms with Gasteiger partial charge >= 0.3 is 0 Å². The third kappa shape index (κ3) is 4.08. The summed E-state index contributed by atoms with van der Waals surface area (Å²) in [5.74, 6) is 0.997. The molecule has 0 saturated carbocycles. The molecule has 1 N–H and O–H groups in total. The largest absolute Gasteiger partial charge is 0.380 e. The number of ether oxygens (including phenoxy) is 1. The van der Waals surface area contributed by atoms with Gasteiger partial charge < -0.3 is 15.0 Å². The lowest BCUT2D eigenvalue weighted by Crippen LogP contribution is -2.39. The summed E-state index contributed by atoms with van der Waals surface area (Å²) in [5.41, 5.74) is 0.914. The molecule has 0 radical (unpaired) electrons. The van der Waals surface area contributed by atoms with E-state index in [9.17, 15) is 0 Å². The number of nitrogens with one attached hydrogen (secondary N) is 1. The first-order chi connectivity index (χ1) is 9.60. The third-order valence-corrected chi connectivity index (χ3v) is 3.96. The monoisotopic (exact) mass is 297 g/mol. The molecule has 1 saturated heterocycles. The maximum absolute atomic E-state index is 6.23. The molecule has 1 fully saturated rings. The van der Waals surface area contributed by atoms with Crippen LogP contribution in [0.25, 0.3) is 0 Å². The standard InChI is InChI=1S/C15H24ClN3O/c1-11(2)17-9-14-13(16)6-7-15(18-14)19-8-4-5-12(10-19)20-3/h6-7,11-12,17H,4-5,8-10H2,1-3H3. The average Bonchev–Trinajstić information content (AvgIpc) is 2.46. The van der Waals surface area contributed by atoms with E-state index >= 15 is 0 Å². The Labute approximate surface area is 126 Å². The van der Waals surface area contributed by atoms with Gasteiger partial charge in [0.05, 0.1) is 16.8 Å². The third-order valence-electron chi connectivity index (χ3n) is 3.62. The molecule has 20 heavy (non-hydrogen) atoms. The van der Waals surface area contributed by atoms with Gasteiger partial charge in [-0.2, -0.15) is 0 Å². The lowest BCUT2D eigenvalue weighted by Gasteiger charge is -2.33. The van der Waals surface area contributed by atoms with Crippen LogP contribution in [0.3, 0.4) is 0 Å². The Morgan fingerprint density at radius 2 is 2.30 bits per heavy atom. The highest BCUT2D eigenvalue weighted by Gasteiger charge is 2.21. The van der Waals surface area contributed by atoms with Crippen LogP contribution in [0.1, 0.15) is 32.4 Å². The van der Waals surface area contributed by atoms with Crippen LogP contribution < -0.4 is 10.2 Å². The maximum Gasteiger partial charge on any atom is 0.129 e. The van der Waals surface area contributed by atoms with Gasteiger partial charge in [0.25, 0.3) is 0 Å². The van der Waals surface area contributed by atoms with Gasteiger partial charge in [0.1, 0.15) is 5.82 Å². The molecule has 0 aromatic carbocycles. The maximum atomic E-state index is 6.23. The fourth-order valence-electron chi connectivity index (χ4n) is 2.41. The number of methoxy groups -OCH3 is 1. The van der Waals surface area contributed by atoms with Gasteiger partial charge in [-0.05, 0) is 25.0 Å². The Balaban J connectivity index is 2.09. The van der Waals surface area contributed by atoms with E-state index in [0.717, 1.165) is 42.5 Å². The van der Waals surface area contributed by atoms with Crippen molar-refractivity contribution >= 4 is 17.4 Å². The van der Waals surface area contributed by atoms with E-state index in [4.69, 9.17) is 21.3 Å². The predicted octanol–water partition coefficient (Wildman–Crippen LogP) is 2.85. The zero-order valence-electron chi connectivity index (χ0n) is 12.5. The first kappa shape index (κ1) is 15.5. The Hall–Kier alpha value is -0.840. The number of halogens is 1. The van der Waals surface area contributed by atoms with E-state index in [2.05, 4.69) is 24.1 Å². The zero-order chi connectivity index (χ0) is 14.5. The van der Waals surface area contributed by atoms with Crippen molar-refractivity contribution in [1.82, 2.24) is 10.3 Å². The fourth-order valence-corrected chi connectivity index (χ4v) is 2.58. The second-order valence-corrected chi connectivity index (χ2v) is 5.99. The van der Waals surface area contributed by atoms with Gasteiger partial charge in [-0.3, -0.25) is 0 Å². The summed E-state index contributed by atoms with van der Waals surface area (Å²) in [4.78, 5) is 7.00. The smallest absolute Gasteiger partial charge is 0.129 e. The van der Waals surface area contributed by atoms with Crippen molar-refractivity contribution in [3.05, 3.63) is 22.8 Å². The van der Waals surface area contributed by atoms with Crippen molar-refractivity contribution in [3.8, 4) is 0 Å². The van der Waals surface area contributed by atoms with Crippen molar-refractivity contribution in [2.75, 3.05) is 25.1 Å². The Kier molecular flexibility index (Phi) is 5.64. The number of aromatic nitrogens is 1. The fraction of sp³-hybridized carbons (Fsp3) is 0.667. The van der Waals surface area contributed by atoms with Crippen molar-refractivity contribution in [2.24, 2.45) is 0 Å². The number of anilines is 1. The number of hydrogen-bond acceptors (Lipinski definition) is 4. The van der Waals surface area contributed by atoms with Crippen molar-refractivity contribution < 1.29 is 4.74 Å². The highest BCUT2D eigenvalue weighted by molar-refractivity contribution is 6.31. The normalized spacial score (nSPS) is 19.6. The topological polar surface area (TPSA) is 37.4 Å². The summed E-state index contributed by atoms with van der Waals surface area (Å²) in [6, 6.07) is 4.36. The first-order valence-electron chi connectivity index (χ1n) is 7.26. The van der Waals surface area contributed by atoms with Crippen LogP contribution in [0.2, 0.25) is 5.02 Å². The molecule has 0 spiro atoms. The second kappa shape index (κ2) is 7.25. The lowest BCUT2D eigenvalue weighted by molar-refractivity contribution is 0.0891. The molecule has 1 aliphatic heterocycles. The van der Waals surface area contributed by atoms with Crippen LogP contribution in [0.5, 0.6) is 0 Å². The number of rotatable bonds is 5. The molecule has 1 aromatic rings. The quantitative estimate of drug-likeness (QED) is 0.907. The molecular formula is C15H24ClN3O. The summed E-state index contributed by atoms with van der Waals surface area (Å²) in [6.07, 6.45) is 2.57. The molecular weight excluding hydrogens is 274 g/mol. The molecule has 1 aliphatic rings. The van der Waals surface area contributed by atoms with Gasteiger partial charge in [-0.15, -0.1) is 0 Å². The van der Waals surface area contributed by atoms with E-state index in [-0.39, 0.29) is 0 Å². The average molecular weight is 298 g/mol. The molecule has 112 valence electrons. The van der Waals surface area contributed by atoms with Gasteiger partial charge in [-0.25, -0.2) is 4.98 Å². The highest BCUT2D eigenvalue weighted by Crippen LogP contribution is 2.23. The van der Waals surface area contributed by atoms with Crippen LogP contribution >= 0.6 is 11.6 Å². The minimum Gasteiger partial charge on any atom is -0.380 e. The van der Waals surface area contributed by atoms with E-state index in [1.165, 1.54) is 0 Å².